The molecule has 0 fully saturated rings. The fraction of sp³-hybridized carbons (Fsp3) is 0.167. The van der Waals surface area contributed by atoms with Gasteiger partial charge in [0.15, 0.2) is 11.6 Å². The van der Waals surface area contributed by atoms with E-state index in [2.05, 4.69) is 15.5 Å². The Morgan fingerprint density at radius 3 is 2.61 bits per heavy atom. The van der Waals surface area contributed by atoms with Crippen LogP contribution in [0.3, 0.4) is 0 Å². The molecule has 0 atom stereocenters. The van der Waals surface area contributed by atoms with Crippen molar-refractivity contribution in [3.63, 3.8) is 0 Å². The molecule has 0 saturated heterocycles. The van der Waals surface area contributed by atoms with Crippen molar-refractivity contribution in [3.05, 3.63) is 47.7 Å². The summed E-state index contributed by atoms with van der Waals surface area (Å²) in [5.74, 6) is -1.38. The van der Waals surface area contributed by atoms with E-state index in [1.165, 1.54) is 6.07 Å². The lowest BCUT2D eigenvalue weighted by atomic mass is 10.3. The first-order valence-electron chi connectivity index (χ1n) is 5.29. The molecule has 0 aliphatic carbocycles. The maximum Gasteiger partial charge on any atom is 0.239 e. The Bertz CT molecular complexity index is 531. The van der Waals surface area contributed by atoms with Crippen LogP contribution < -0.4 is 10.1 Å². The molecule has 4 nitrogen and oxygen atoms in total. The Hall–Kier alpha value is -2.08. The summed E-state index contributed by atoms with van der Waals surface area (Å²) in [4.78, 5) is 0. The van der Waals surface area contributed by atoms with Crippen LogP contribution in [0.25, 0.3) is 0 Å². The normalized spacial score (nSPS) is 10.4. The first kappa shape index (κ1) is 12.4. The van der Waals surface area contributed by atoms with Crippen molar-refractivity contribution in [2.45, 2.75) is 6.54 Å². The van der Waals surface area contributed by atoms with Crippen molar-refractivity contribution in [2.24, 2.45) is 0 Å². The predicted molar refractivity (Wildman–Crippen MR) is 61.2 cm³/mol. The van der Waals surface area contributed by atoms with Gasteiger partial charge in [0, 0.05) is 18.7 Å². The summed E-state index contributed by atoms with van der Waals surface area (Å²) in [5.41, 5.74) is 0.740. The van der Waals surface area contributed by atoms with E-state index in [0.717, 1.165) is 17.8 Å². The van der Waals surface area contributed by atoms with E-state index < -0.39 is 11.6 Å². The summed E-state index contributed by atoms with van der Waals surface area (Å²) < 4.78 is 31.2. The smallest absolute Gasteiger partial charge is 0.239 e. The number of nitrogens with one attached hydrogen (secondary N) is 1. The van der Waals surface area contributed by atoms with E-state index in [9.17, 15) is 8.78 Å². The first-order valence-corrected chi connectivity index (χ1v) is 5.29. The third-order valence-electron chi connectivity index (χ3n) is 2.16. The zero-order chi connectivity index (χ0) is 13.0. The van der Waals surface area contributed by atoms with Crippen molar-refractivity contribution in [2.75, 3.05) is 7.05 Å². The molecule has 2 aromatic rings. The van der Waals surface area contributed by atoms with E-state index in [-0.39, 0.29) is 11.6 Å². The topological polar surface area (TPSA) is 47.0 Å². The molecule has 0 radical (unpaired) electrons. The number of halogens is 2. The highest BCUT2D eigenvalue weighted by Crippen LogP contribution is 2.22. The molecule has 1 aromatic heterocycles. The SMILES string of the molecule is CNCc1ccc(Oc2ccc(F)cc2F)nn1. The molecular formula is C12H11F2N3O. The Morgan fingerprint density at radius 1 is 1.17 bits per heavy atom. The molecule has 94 valence electrons. The van der Waals surface area contributed by atoms with Crippen molar-refractivity contribution < 1.29 is 13.5 Å². The highest BCUT2D eigenvalue weighted by Gasteiger charge is 2.07. The van der Waals surface area contributed by atoms with Crippen molar-refractivity contribution in [1.29, 1.82) is 0 Å². The summed E-state index contributed by atoms with van der Waals surface area (Å²) in [7, 11) is 1.79. The molecule has 18 heavy (non-hydrogen) atoms. The van der Waals surface area contributed by atoms with Gasteiger partial charge >= 0.3 is 0 Å². The number of nitrogens with zero attached hydrogens (tertiary/aromatic N) is 2. The summed E-state index contributed by atoms with van der Waals surface area (Å²) in [6.45, 7) is 0.582. The summed E-state index contributed by atoms with van der Waals surface area (Å²) in [6, 6.07) is 6.34. The molecule has 0 amide bonds. The molecule has 1 N–H and O–H groups in total. The predicted octanol–water partition coefficient (Wildman–Crippen LogP) is 2.27. The molecule has 6 heteroatoms. The van der Waals surface area contributed by atoms with Crippen LogP contribution in [0.2, 0.25) is 0 Å². The van der Waals surface area contributed by atoms with Crippen LogP contribution in [0.5, 0.6) is 11.6 Å². The molecule has 0 spiro atoms. The maximum atomic E-state index is 13.3. The highest BCUT2D eigenvalue weighted by atomic mass is 19.1. The van der Waals surface area contributed by atoms with E-state index >= 15 is 0 Å². The van der Waals surface area contributed by atoms with Gasteiger partial charge in [0.1, 0.15) is 5.82 Å². The monoisotopic (exact) mass is 251 g/mol. The van der Waals surface area contributed by atoms with Gasteiger partial charge in [-0.15, -0.1) is 5.10 Å². The second-order valence-corrected chi connectivity index (χ2v) is 3.57. The van der Waals surface area contributed by atoms with E-state index in [0.29, 0.717) is 6.54 Å². The fourth-order valence-electron chi connectivity index (χ4n) is 1.35. The van der Waals surface area contributed by atoms with Crippen LogP contribution in [0.1, 0.15) is 5.69 Å². The molecule has 2 rings (SSSR count). The molecule has 0 aliphatic heterocycles. The van der Waals surface area contributed by atoms with Gasteiger partial charge in [0.25, 0.3) is 0 Å². The number of hydrogen-bond acceptors (Lipinski definition) is 4. The lowest BCUT2D eigenvalue weighted by molar-refractivity contribution is 0.417. The van der Waals surface area contributed by atoms with Crippen molar-refractivity contribution >= 4 is 0 Å². The zero-order valence-corrected chi connectivity index (χ0v) is 9.65. The average Bonchev–Trinajstić information content (AvgIpc) is 2.35. The lowest BCUT2D eigenvalue weighted by Gasteiger charge is -2.05. The van der Waals surface area contributed by atoms with E-state index in [1.54, 1.807) is 19.2 Å². The van der Waals surface area contributed by atoms with Crippen molar-refractivity contribution in [1.82, 2.24) is 15.5 Å². The zero-order valence-electron chi connectivity index (χ0n) is 9.65. The van der Waals surface area contributed by atoms with Crippen LogP contribution in [0.4, 0.5) is 8.78 Å². The van der Waals surface area contributed by atoms with Crippen LogP contribution in [0, 0.1) is 11.6 Å². The minimum Gasteiger partial charge on any atom is -0.434 e. The average molecular weight is 251 g/mol. The molecule has 0 bridgehead atoms. The maximum absolute atomic E-state index is 13.3. The first-order chi connectivity index (χ1) is 8.69. The Labute approximate surface area is 103 Å². The fourth-order valence-corrected chi connectivity index (χ4v) is 1.35. The third kappa shape index (κ3) is 2.98. The molecule has 0 unspecified atom stereocenters. The minimum absolute atomic E-state index is 0.0907. The highest BCUT2D eigenvalue weighted by molar-refractivity contribution is 5.28. The van der Waals surface area contributed by atoms with Crippen LogP contribution in [-0.2, 0) is 6.54 Å². The van der Waals surface area contributed by atoms with E-state index in [4.69, 9.17) is 4.74 Å². The van der Waals surface area contributed by atoms with Crippen LogP contribution >= 0.6 is 0 Å². The Balaban J connectivity index is 2.13. The standard InChI is InChI=1S/C12H11F2N3O/c1-15-7-9-3-5-12(17-16-9)18-11-4-2-8(13)6-10(11)14/h2-6,15H,7H2,1H3. The molecule has 0 saturated carbocycles. The summed E-state index contributed by atoms with van der Waals surface area (Å²) in [6.07, 6.45) is 0. The van der Waals surface area contributed by atoms with Gasteiger partial charge in [-0.05, 0) is 25.2 Å². The van der Waals surface area contributed by atoms with Crippen molar-refractivity contribution in [3.8, 4) is 11.6 Å². The lowest BCUT2D eigenvalue weighted by Crippen LogP contribution is -2.07. The van der Waals surface area contributed by atoms with Gasteiger partial charge < -0.3 is 10.1 Å². The largest absolute Gasteiger partial charge is 0.434 e. The minimum atomic E-state index is -0.781. The van der Waals surface area contributed by atoms with Gasteiger partial charge in [-0.1, -0.05) is 0 Å². The molecule has 1 aromatic carbocycles. The molecular weight excluding hydrogens is 240 g/mol. The summed E-state index contributed by atoms with van der Waals surface area (Å²) in [5, 5.41) is 10.6. The summed E-state index contributed by atoms with van der Waals surface area (Å²) >= 11 is 0. The number of benzene rings is 1. The van der Waals surface area contributed by atoms with Gasteiger partial charge in [-0.2, -0.15) is 5.10 Å². The van der Waals surface area contributed by atoms with Gasteiger partial charge in [0.2, 0.25) is 5.88 Å². The number of rotatable bonds is 4. The van der Waals surface area contributed by atoms with Crippen LogP contribution in [0.15, 0.2) is 30.3 Å². The second kappa shape index (κ2) is 5.50. The Morgan fingerprint density at radius 2 is 2.00 bits per heavy atom. The van der Waals surface area contributed by atoms with Crippen LogP contribution in [-0.4, -0.2) is 17.2 Å². The molecule has 1 heterocycles. The third-order valence-corrected chi connectivity index (χ3v) is 2.16. The van der Waals surface area contributed by atoms with Gasteiger partial charge in [0.05, 0.1) is 5.69 Å². The number of ether oxygens (including phenoxy) is 1. The molecule has 0 aliphatic rings. The van der Waals surface area contributed by atoms with E-state index in [1.807, 2.05) is 0 Å². The second-order valence-electron chi connectivity index (χ2n) is 3.57. The number of hydrogen-bond donors (Lipinski definition) is 1. The van der Waals surface area contributed by atoms with Gasteiger partial charge in [-0.3, -0.25) is 0 Å². The Kier molecular flexibility index (Phi) is 3.78. The number of aromatic nitrogens is 2. The quantitative estimate of drug-likeness (QED) is 0.905. The van der Waals surface area contributed by atoms with Gasteiger partial charge in [-0.25, -0.2) is 8.78 Å².